The number of hydrogen-bond donors (Lipinski definition) is 3. The average molecular weight is 607 g/mol. The first-order valence-electron chi connectivity index (χ1n) is 12.7. The van der Waals surface area contributed by atoms with Crippen LogP contribution in [0.1, 0.15) is 21.5 Å². The number of aromatic nitrogens is 2. The number of methoxy groups -OCH3 is 1. The molecule has 0 aliphatic heterocycles. The fraction of sp³-hybridized carbons (Fsp3) is 0.0968. The molecule has 0 unspecified atom stereocenters. The molecule has 43 heavy (non-hydrogen) atoms. The molecule has 0 atom stereocenters. The van der Waals surface area contributed by atoms with Crippen LogP contribution in [-0.4, -0.2) is 34.2 Å². The Kier molecular flexibility index (Phi) is 7.92. The number of fused-ring (bicyclic) bond motifs is 1. The first-order chi connectivity index (χ1) is 20.4. The van der Waals surface area contributed by atoms with E-state index in [0.717, 1.165) is 12.1 Å². The topological polar surface area (TPSA) is 113 Å². The van der Waals surface area contributed by atoms with E-state index in [2.05, 4.69) is 25.3 Å². The number of carbonyl (C=O) groups is 2. The van der Waals surface area contributed by atoms with Crippen LogP contribution in [0.25, 0.3) is 33.2 Å². The SMILES string of the molecule is COC(=O)Nc1ncc2cc(-c3cc(C(=O)Nc4cccc(C(F)(F)F)c4)ccc3C)c(O)c(-c3ccc(Cl)cc3)c2n1. The number of rotatable bonds is 5. The van der Waals surface area contributed by atoms with E-state index in [-0.39, 0.29) is 22.9 Å². The van der Waals surface area contributed by atoms with Crippen LogP contribution in [0, 0.1) is 6.92 Å². The van der Waals surface area contributed by atoms with Gasteiger partial charge < -0.3 is 15.2 Å². The van der Waals surface area contributed by atoms with Crippen LogP contribution in [-0.2, 0) is 10.9 Å². The average Bonchev–Trinajstić information content (AvgIpc) is 2.97. The van der Waals surface area contributed by atoms with Gasteiger partial charge in [-0.25, -0.2) is 14.8 Å². The summed E-state index contributed by atoms with van der Waals surface area (Å²) in [4.78, 5) is 33.5. The number of ether oxygens (including phenoxy) is 1. The fourth-order valence-corrected chi connectivity index (χ4v) is 4.62. The molecule has 5 aromatic rings. The number of alkyl halides is 3. The third kappa shape index (κ3) is 6.21. The summed E-state index contributed by atoms with van der Waals surface area (Å²) in [5.74, 6) is -0.858. The number of phenols is 1. The zero-order valence-corrected chi connectivity index (χ0v) is 23.3. The molecule has 0 fully saturated rings. The lowest BCUT2D eigenvalue weighted by Gasteiger charge is -2.17. The van der Waals surface area contributed by atoms with E-state index >= 15 is 0 Å². The van der Waals surface area contributed by atoms with Crippen molar-refractivity contribution in [2.75, 3.05) is 17.7 Å². The zero-order valence-electron chi connectivity index (χ0n) is 22.6. The standard InChI is InChI=1S/C31H22ClF3N4O4/c1-16-6-7-18(28(41)37-22-5-3-4-20(14-22)31(33,34)35)12-23(16)24-13-19-15-36-29(39-30(42)43-2)38-26(19)25(27(24)40)17-8-10-21(32)11-9-17/h3-15,40H,1-2H3,(H,37,41)(H,36,38,39,42). The van der Waals surface area contributed by atoms with E-state index in [1.165, 1.54) is 31.5 Å². The van der Waals surface area contributed by atoms with Crippen molar-refractivity contribution in [3.05, 3.63) is 101 Å². The van der Waals surface area contributed by atoms with Gasteiger partial charge in [0.05, 0.1) is 23.8 Å². The molecule has 1 aromatic heterocycles. The summed E-state index contributed by atoms with van der Waals surface area (Å²) in [6.45, 7) is 1.79. The lowest BCUT2D eigenvalue weighted by molar-refractivity contribution is -0.137. The highest BCUT2D eigenvalue weighted by Crippen LogP contribution is 2.44. The van der Waals surface area contributed by atoms with Gasteiger partial charge in [-0.2, -0.15) is 13.2 Å². The third-order valence-electron chi connectivity index (χ3n) is 6.62. The van der Waals surface area contributed by atoms with E-state index in [0.29, 0.717) is 43.7 Å². The second-order valence-corrected chi connectivity index (χ2v) is 9.90. The Morgan fingerprint density at radius 3 is 2.40 bits per heavy atom. The first kappa shape index (κ1) is 29.3. The van der Waals surface area contributed by atoms with Gasteiger partial charge in [-0.05, 0) is 72.1 Å². The van der Waals surface area contributed by atoms with Crippen molar-refractivity contribution in [2.45, 2.75) is 13.1 Å². The molecule has 1 heterocycles. The molecule has 0 saturated carbocycles. The van der Waals surface area contributed by atoms with Gasteiger partial charge in [-0.15, -0.1) is 0 Å². The lowest BCUT2D eigenvalue weighted by atomic mass is 9.91. The Labute approximate surface area is 248 Å². The van der Waals surface area contributed by atoms with Crippen LogP contribution in [0.5, 0.6) is 5.75 Å². The van der Waals surface area contributed by atoms with E-state index in [1.54, 1.807) is 49.4 Å². The molecule has 0 bridgehead atoms. The molecule has 0 aliphatic carbocycles. The Balaban J connectivity index is 1.62. The van der Waals surface area contributed by atoms with Gasteiger partial charge in [0.15, 0.2) is 0 Å². The molecule has 0 spiro atoms. The number of aromatic hydroxyl groups is 1. The van der Waals surface area contributed by atoms with Crippen molar-refractivity contribution >= 4 is 46.1 Å². The van der Waals surface area contributed by atoms with Crippen molar-refractivity contribution in [2.24, 2.45) is 0 Å². The summed E-state index contributed by atoms with van der Waals surface area (Å²) >= 11 is 6.10. The first-order valence-corrected chi connectivity index (χ1v) is 13.1. The fourth-order valence-electron chi connectivity index (χ4n) is 4.50. The van der Waals surface area contributed by atoms with Crippen LogP contribution in [0.3, 0.4) is 0 Å². The van der Waals surface area contributed by atoms with Gasteiger partial charge in [-0.3, -0.25) is 10.1 Å². The van der Waals surface area contributed by atoms with Crippen molar-refractivity contribution in [3.63, 3.8) is 0 Å². The van der Waals surface area contributed by atoms with Gasteiger partial charge in [0.2, 0.25) is 5.95 Å². The van der Waals surface area contributed by atoms with E-state index in [1.807, 2.05) is 0 Å². The molecule has 0 radical (unpaired) electrons. The molecule has 0 saturated heterocycles. The Morgan fingerprint density at radius 2 is 1.70 bits per heavy atom. The van der Waals surface area contributed by atoms with Crippen molar-refractivity contribution in [1.82, 2.24) is 9.97 Å². The van der Waals surface area contributed by atoms with Crippen LogP contribution in [0.4, 0.5) is 29.6 Å². The number of phenolic OH excluding ortho intramolecular Hbond substituents is 1. The Hall–Kier alpha value is -5.16. The molecule has 2 amide bonds. The number of benzene rings is 4. The van der Waals surface area contributed by atoms with Crippen molar-refractivity contribution < 1.29 is 32.6 Å². The molecular weight excluding hydrogens is 585 g/mol. The number of hydrogen-bond acceptors (Lipinski definition) is 6. The second kappa shape index (κ2) is 11.6. The molecule has 8 nitrogen and oxygen atoms in total. The number of nitrogens with one attached hydrogen (secondary N) is 2. The van der Waals surface area contributed by atoms with Crippen molar-refractivity contribution in [1.29, 1.82) is 0 Å². The highest BCUT2D eigenvalue weighted by molar-refractivity contribution is 6.30. The Morgan fingerprint density at radius 1 is 0.953 bits per heavy atom. The number of anilines is 2. The predicted octanol–water partition coefficient (Wildman–Crippen LogP) is 8.08. The van der Waals surface area contributed by atoms with Gasteiger partial charge in [0, 0.05) is 33.4 Å². The molecule has 12 heteroatoms. The molecule has 4 aromatic carbocycles. The smallest absolute Gasteiger partial charge is 0.416 e. The van der Waals surface area contributed by atoms with Crippen molar-refractivity contribution in [3.8, 4) is 28.0 Å². The third-order valence-corrected chi connectivity index (χ3v) is 6.87. The number of nitrogens with zero attached hydrogens (tertiary/aromatic N) is 2. The summed E-state index contributed by atoms with van der Waals surface area (Å²) in [6, 6.07) is 17.4. The zero-order chi connectivity index (χ0) is 30.9. The maximum absolute atomic E-state index is 13.2. The maximum atomic E-state index is 13.2. The molecule has 0 aliphatic rings. The number of aryl methyl sites for hydroxylation is 1. The van der Waals surface area contributed by atoms with Gasteiger partial charge in [0.1, 0.15) is 5.75 Å². The summed E-state index contributed by atoms with van der Waals surface area (Å²) in [5, 5.41) is 17.6. The molecule has 218 valence electrons. The minimum absolute atomic E-state index is 0.0194. The minimum atomic E-state index is -4.56. The van der Waals surface area contributed by atoms with E-state index < -0.39 is 23.7 Å². The summed E-state index contributed by atoms with van der Waals surface area (Å²) in [7, 11) is 1.20. The van der Waals surface area contributed by atoms with Crippen LogP contribution >= 0.6 is 11.6 Å². The lowest BCUT2D eigenvalue weighted by Crippen LogP contribution is -2.13. The monoisotopic (exact) mass is 606 g/mol. The number of halogens is 4. The van der Waals surface area contributed by atoms with Crippen LogP contribution in [0.2, 0.25) is 5.02 Å². The van der Waals surface area contributed by atoms with Crippen LogP contribution < -0.4 is 10.6 Å². The molecule has 5 rings (SSSR count). The largest absolute Gasteiger partial charge is 0.507 e. The second-order valence-electron chi connectivity index (χ2n) is 9.47. The number of carbonyl (C=O) groups excluding carboxylic acids is 2. The van der Waals surface area contributed by atoms with Gasteiger partial charge >= 0.3 is 12.3 Å². The number of amides is 2. The van der Waals surface area contributed by atoms with Gasteiger partial charge in [-0.1, -0.05) is 35.9 Å². The van der Waals surface area contributed by atoms with Crippen LogP contribution in [0.15, 0.2) is 79.0 Å². The molecule has 3 N–H and O–H groups in total. The Bertz CT molecular complexity index is 1880. The maximum Gasteiger partial charge on any atom is 0.416 e. The highest BCUT2D eigenvalue weighted by atomic mass is 35.5. The van der Waals surface area contributed by atoms with E-state index in [9.17, 15) is 27.9 Å². The molecular formula is C31H22ClF3N4O4. The summed E-state index contributed by atoms with van der Waals surface area (Å²) in [5.41, 5.74) is 1.99. The minimum Gasteiger partial charge on any atom is -0.507 e. The highest BCUT2D eigenvalue weighted by Gasteiger charge is 2.30. The quantitative estimate of drug-likeness (QED) is 0.186. The normalized spacial score (nSPS) is 11.3. The van der Waals surface area contributed by atoms with Gasteiger partial charge in [0.25, 0.3) is 5.91 Å². The van der Waals surface area contributed by atoms with E-state index in [4.69, 9.17) is 11.6 Å². The summed E-state index contributed by atoms with van der Waals surface area (Å²) in [6.07, 6.45) is -3.87. The summed E-state index contributed by atoms with van der Waals surface area (Å²) < 4.78 is 44.1. The predicted molar refractivity (Wildman–Crippen MR) is 157 cm³/mol.